The Hall–Kier alpha value is -0.466. The minimum absolute atomic E-state index is 0. The number of anilines is 2. The van der Waals surface area contributed by atoms with Crippen LogP contribution in [0.3, 0.4) is 0 Å². The van der Waals surface area contributed by atoms with Crippen molar-refractivity contribution in [3.05, 3.63) is 127 Å². The average Bonchev–Trinajstić information content (AvgIpc) is 4.22. The number of amides is 1. The molecule has 393 valence electrons. The zero-order valence-electron chi connectivity index (χ0n) is 37.1. The number of rotatable bonds is 15. The summed E-state index contributed by atoms with van der Waals surface area (Å²) in [5.41, 5.74) is 8.34. The molecule has 0 bridgehead atoms. The van der Waals surface area contributed by atoms with Crippen molar-refractivity contribution in [2.24, 2.45) is 23.7 Å². The summed E-state index contributed by atoms with van der Waals surface area (Å²) in [6.45, 7) is 1.81. The van der Waals surface area contributed by atoms with Gasteiger partial charge in [0.05, 0.1) is 57.9 Å². The second-order valence-corrected chi connectivity index (χ2v) is 29.7. The van der Waals surface area contributed by atoms with Crippen LogP contribution in [-0.4, -0.2) is 51.5 Å². The molecule has 71 heavy (non-hydrogen) atoms. The van der Waals surface area contributed by atoms with Gasteiger partial charge >= 0.3 is 79.7 Å². The van der Waals surface area contributed by atoms with E-state index in [1.807, 2.05) is 6.07 Å². The van der Waals surface area contributed by atoms with Gasteiger partial charge in [-0.1, -0.05) is 96.6 Å². The van der Waals surface area contributed by atoms with E-state index in [1.54, 1.807) is 24.3 Å². The normalized spacial score (nSPS) is 15.4. The molecule has 0 spiro atoms. The van der Waals surface area contributed by atoms with Crippen LogP contribution in [-0.2, 0) is 28.6 Å². The van der Waals surface area contributed by atoms with Crippen molar-refractivity contribution in [3.8, 4) is 0 Å². The number of carbonyl (C=O) groups is 4. The summed E-state index contributed by atoms with van der Waals surface area (Å²) in [5.74, 6) is -10.6. The summed E-state index contributed by atoms with van der Waals surface area (Å²) >= 11 is 32.5. The van der Waals surface area contributed by atoms with Crippen molar-refractivity contribution in [2.45, 2.75) is 88.4 Å². The van der Waals surface area contributed by atoms with Crippen molar-refractivity contribution in [2.75, 3.05) is 11.1 Å². The quantitative estimate of drug-likeness (QED) is 0.0445. The third-order valence-electron chi connectivity index (χ3n) is 11.3. The van der Waals surface area contributed by atoms with E-state index in [-0.39, 0.29) is 76.4 Å². The predicted octanol–water partition coefficient (Wildman–Crippen LogP) is 14.0. The number of hydrogen-bond acceptors (Lipinski definition) is 5. The maximum atomic E-state index is 13.5. The maximum absolute atomic E-state index is 13.5. The first-order valence-corrected chi connectivity index (χ1v) is 37.5. The van der Waals surface area contributed by atoms with Gasteiger partial charge in [-0.05, 0) is 120 Å². The van der Waals surface area contributed by atoms with Crippen LogP contribution in [0, 0.1) is 23.7 Å². The zero-order chi connectivity index (χ0) is 53.3. The van der Waals surface area contributed by atoms with Crippen LogP contribution >= 0.6 is 124 Å². The van der Waals surface area contributed by atoms with Gasteiger partial charge in [-0.15, -0.1) is 0 Å². The molecule has 6 atom stereocenters. The second-order valence-electron chi connectivity index (χ2n) is 16.2. The van der Waals surface area contributed by atoms with Crippen molar-refractivity contribution < 1.29 is 94.3 Å². The fourth-order valence-electron chi connectivity index (χ4n) is 7.39. The number of hydrogen-bond donors (Lipinski definition) is 5. The molecule has 6 rings (SSSR count). The molecule has 2 fully saturated rings. The van der Waals surface area contributed by atoms with Gasteiger partial charge in [0.1, 0.15) is 0 Å². The number of carbonyl (C=O) groups excluding carboxylic acids is 1. The van der Waals surface area contributed by atoms with Crippen LogP contribution in [0.4, 0.5) is 37.7 Å². The molecule has 2 saturated carbocycles. The molecule has 4 aromatic carbocycles. The van der Waals surface area contributed by atoms with Crippen molar-refractivity contribution in [1.82, 2.24) is 0 Å². The summed E-state index contributed by atoms with van der Waals surface area (Å²) < 4.78 is 78.2. The molecule has 0 aliphatic heterocycles. The van der Waals surface area contributed by atoms with E-state index in [4.69, 9.17) is 62.4 Å². The first-order chi connectivity index (χ1) is 32.7. The zero-order valence-corrected chi connectivity index (χ0v) is 52.3. The van der Waals surface area contributed by atoms with E-state index in [1.165, 1.54) is 54.6 Å². The van der Waals surface area contributed by atoms with Gasteiger partial charge < -0.3 is 50.3 Å². The molecular formula is C46H46Cl4F6I5N2O7V-. The topological polar surface area (TPSA) is 167 Å². The minimum atomic E-state index is -4.61. The Kier molecular flexibility index (Phi) is 31.8. The van der Waals surface area contributed by atoms with Crippen LogP contribution in [0.1, 0.15) is 98.3 Å². The number of carboxylic acids is 3. The number of nitrogens with two attached hydrogens (primary N) is 1. The van der Waals surface area contributed by atoms with Gasteiger partial charge in [-0.3, -0.25) is 19.2 Å². The fraction of sp³-hybridized carbons (Fsp3) is 0.391. The van der Waals surface area contributed by atoms with Gasteiger partial charge in [0.25, 0.3) is 0 Å². The first kappa shape index (κ1) is 68.5. The van der Waals surface area contributed by atoms with Crippen molar-refractivity contribution in [3.63, 3.8) is 0 Å². The summed E-state index contributed by atoms with van der Waals surface area (Å²) in [7, 11) is 0.628. The molecule has 0 heterocycles. The van der Waals surface area contributed by atoms with Gasteiger partial charge in [0.15, 0.2) is 0 Å². The number of aliphatic carboxylic acids is 3. The van der Waals surface area contributed by atoms with Crippen LogP contribution in [0.2, 0.25) is 20.1 Å². The molecular weight excluding hydrogens is 1630 g/mol. The average molecular weight is 1680 g/mol. The monoisotopic (exact) mass is 1680 g/mol. The molecule has 4 aromatic rings. The molecule has 2 aliphatic carbocycles. The van der Waals surface area contributed by atoms with Gasteiger partial charge in [-0.25, -0.2) is 0 Å². The van der Waals surface area contributed by atoms with Crippen molar-refractivity contribution >= 4 is 159 Å². The molecule has 1 amide bonds. The number of halogens is 15. The van der Waals surface area contributed by atoms with Gasteiger partial charge in [0.2, 0.25) is 5.91 Å². The molecule has 25 heteroatoms. The Morgan fingerprint density at radius 1 is 0.634 bits per heavy atom. The van der Waals surface area contributed by atoms with E-state index in [0.29, 0.717) is 41.7 Å². The van der Waals surface area contributed by atoms with E-state index in [0.717, 1.165) is 45.1 Å². The van der Waals surface area contributed by atoms with Crippen LogP contribution in [0.5, 0.6) is 0 Å². The summed E-state index contributed by atoms with van der Waals surface area (Å²) in [4.78, 5) is 46.1. The standard InChI is InChI=1S/C23H22Cl2F3NO3.C12H14ClNO2.C11H10ClF3O2.I2.3HI.V/c1-12(23(26,27)28)21(14-4-7-16(24)8-5-14)22(32)29-19-10-15(6-9-18(19)25)17(11-20(30)31)13-2-3-13;13-10-4-3-8(5-11(10)14)9(6-12(15)16)7-1-2-7;1-6(11(13,14)15)9(10(16)17)7-2-4-8(12)5-3-7;1-2;;;;/h4-10,12-13,17,21H,2-3,11H2,1H3,(H,29,32)(H,30,31);3-5,7,9H,1-2,6,14H2,(H,15,16);2-6,9H,1H3,(H,16,17);;3*1H;/q;;;;;;;+2/p-3/t12-,17+,21+;9-;6-,9?;;;;;/m101...../s1. The predicted molar refractivity (Wildman–Crippen MR) is 294 cm³/mol. The Balaban J connectivity index is 0.000000547. The number of nitrogen functional groups attached to an aromatic ring is 1. The Bertz CT molecular complexity index is 2340. The molecule has 0 aromatic heterocycles. The summed E-state index contributed by atoms with van der Waals surface area (Å²) in [5, 5.41) is 30.9. The van der Waals surface area contributed by atoms with E-state index < -0.39 is 59.8 Å². The van der Waals surface area contributed by atoms with E-state index in [2.05, 4.69) is 82.5 Å². The Labute approximate surface area is 497 Å². The first-order valence-electron chi connectivity index (χ1n) is 20.7. The Morgan fingerprint density at radius 2 is 0.972 bits per heavy atom. The summed E-state index contributed by atoms with van der Waals surface area (Å²) in [6.07, 6.45) is -5.02. The summed E-state index contributed by atoms with van der Waals surface area (Å²) in [6, 6.07) is 21.2. The molecule has 2 aliphatic rings. The SMILES string of the molecule is C[C@H](C(C(=O)O)c1ccc(Cl)cc1)C(F)(F)F.C[C@H]([C@H](C(=O)Nc1cc([C@@H](CC(=O)O)C2CC2)ccc1Cl)c1ccc(Cl)cc1)C(F)(F)F.II.Nc1cc([C@@H](CC(=O)O)C2CC2)ccc1Cl.[I-].[I][V][I]. The fourth-order valence-corrected chi connectivity index (χ4v) is 7.92. The van der Waals surface area contributed by atoms with Crippen molar-refractivity contribution in [1.29, 1.82) is 0 Å². The number of carboxylic acid groups (broad SMARTS) is 3. The molecule has 6 N–H and O–H groups in total. The van der Waals surface area contributed by atoms with Gasteiger partial charge in [-0.2, -0.15) is 26.3 Å². The molecule has 0 radical (unpaired) electrons. The second kappa shape index (κ2) is 33.0. The van der Waals surface area contributed by atoms with Crippen LogP contribution in [0.15, 0.2) is 84.9 Å². The molecule has 0 saturated heterocycles. The van der Waals surface area contributed by atoms with E-state index in [9.17, 15) is 50.6 Å². The van der Waals surface area contributed by atoms with E-state index >= 15 is 0 Å². The third-order valence-corrected chi connectivity index (χ3v) is 12.5. The Morgan fingerprint density at radius 3 is 1.31 bits per heavy atom. The number of nitrogens with one attached hydrogen (secondary N) is 1. The molecule has 1 unspecified atom stereocenters. The van der Waals surface area contributed by atoms with Gasteiger partial charge in [0, 0.05) is 47.3 Å². The number of benzene rings is 4. The third kappa shape index (κ3) is 23.8. The van der Waals surface area contributed by atoms with Crippen LogP contribution < -0.4 is 35.0 Å². The number of alkyl halides is 6. The van der Waals surface area contributed by atoms with Crippen LogP contribution in [0.25, 0.3) is 0 Å². The molecule has 9 nitrogen and oxygen atoms in total.